The Labute approximate surface area is 149 Å². The molecule has 25 heavy (non-hydrogen) atoms. The topological polar surface area (TPSA) is 88.4 Å². The van der Waals surface area contributed by atoms with Crippen molar-refractivity contribution >= 4 is 28.9 Å². The summed E-state index contributed by atoms with van der Waals surface area (Å²) in [6, 6.07) is 8.10. The number of anilines is 1. The van der Waals surface area contributed by atoms with E-state index < -0.39 is 4.92 Å². The van der Waals surface area contributed by atoms with Gasteiger partial charge in [-0.25, -0.2) is 0 Å². The van der Waals surface area contributed by atoms with Gasteiger partial charge in [0, 0.05) is 37.5 Å². The minimum atomic E-state index is -0.467. The number of rotatable bonds is 4. The first-order valence-corrected chi connectivity index (χ1v) is 8.25. The van der Waals surface area contributed by atoms with Crippen LogP contribution in [-0.4, -0.2) is 39.8 Å². The lowest BCUT2D eigenvalue weighted by Gasteiger charge is -2.19. The number of carbonyl (C=O) groups excluding carboxylic acids is 1. The molecule has 0 radical (unpaired) electrons. The summed E-state index contributed by atoms with van der Waals surface area (Å²) in [5, 5.41) is 14.5. The highest BCUT2D eigenvalue weighted by Crippen LogP contribution is 2.32. The van der Waals surface area contributed by atoms with Crippen LogP contribution in [0.15, 0.2) is 36.5 Å². The highest BCUT2D eigenvalue weighted by Gasteiger charge is 2.28. The third-order valence-corrected chi connectivity index (χ3v) is 4.49. The number of hydrogen-bond donors (Lipinski definition) is 1. The van der Waals surface area contributed by atoms with Crippen molar-refractivity contribution in [2.45, 2.75) is 19.4 Å². The lowest BCUT2D eigenvalue weighted by molar-refractivity contribution is -0.384. The number of halogens is 1. The van der Waals surface area contributed by atoms with Crippen LogP contribution in [0.1, 0.15) is 22.5 Å². The Morgan fingerprint density at radius 3 is 2.88 bits per heavy atom. The standard InChI is InChI=1S/C17H17ClN4O3/c1-11-8-13(22(24)25)9-14(18)16(11)20-12-5-7-21(10-12)17(23)15-4-2-3-6-19-15/h2-4,6,8-9,12,20H,5,7,10H2,1H3. The van der Waals surface area contributed by atoms with E-state index in [0.717, 1.165) is 6.42 Å². The predicted molar refractivity (Wildman–Crippen MR) is 95.0 cm³/mol. The average Bonchev–Trinajstić information content (AvgIpc) is 3.06. The number of nitro groups is 1. The van der Waals surface area contributed by atoms with E-state index in [1.54, 1.807) is 36.2 Å². The van der Waals surface area contributed by atoms with Crippen LogP contribution in [0.5, 0.6) is 0 Å². The van der Waals surface area contributed by atoms with Crippen molar-refractivity contribution in [1.82, 2.24) is 9.88 Å². The van der Waals surface area contributed by atoms with E-state index >= 15 is 0 Å². The molecule has 1 aliphatic rings. The number of pyridine rings is 1. The molecule has 130 valence electrons. The molecule has 1 unspecified atom stereocenters. The Kier molecular flexibility index (Phi) is 4.85. The normalized spacial score (nSPS) is 16.7. The molecule has 1 saturated heterocycles. The zero-order valence-corrected chi connectivity index (χ0v) is 14.4. The molecule has 0 bridgehead atoms. The number of nitro benzene ring substituents is 1. The van der Waals surface area contributed by atoms with Gasteiger partial charge in [-0.2, -0.15) is 0 Å². The van der Waals surface area contributed by atoms with Gasteiger partial charge < -0.3 is 10.2 Å². The number of aryl methyl sites for hydroxylation is 1. The van der Waals surface area contributed by atoms with Crippen LogP contribution in [0.2, 0.25) is 5.02 Å². The number of amides is 1. The van der Waals surface area contributed by atoms with Gasteiger partial charge in [-0.3, -0.25) is 19.9 Å². The summed E-state index contributed by atoms with van der Waals surface area (Å²) in [7, 11) is 0. The van der Waals surface area contributed by atoms with E-state index in [-0.39, 0.29) is 17.6 Å². The fourth-order valence-corrected chi connectivity index (χ4v) is 3.25. The molecule has 8 heteroatoms. The predicted octanol–water partition coefficient (Wildman–Crippen LogP) is 3.28. The van der Waals surface area contributed by atoms with Gasteiger partial charge in [-0.05, 0) is 31.0 Å². The van der Waals surface area contributed by atoms with Gasteiger partial charge in [0.05, 0.1) is 15.6 Å². The van der Waals surface area contributed by atoms with E-state index in [2.05, 4.69) is 10.3 Å². The molecule has 2 heterocycles. The second-order valence-corrected chi connectivity index (χ2v) is 6.38. The number of nitrogens with one attached hydrogen (secondary N) is 1. The van der Waals surface area contributed by atoms with Crippen LogP contribution in [-0.2, 0) is 0 Å². The highest BCUT2D eigenvalue weighted by molar-refractivity contribution is 6.33. The molecule has 1 N–H and O–H groups in total. The largest absolute Gasteiger partial charge is 0.379 e. The molecule has 1 aliphatic heterocycles. The van der Waals surface area contributed by atoms with Crippen molar-refractivity contribution in [3.05, 3.63) is 62.9 Å². The van der Waals surface area contributed by atoms with Crippen molar-refractivity contribution in [2.24, 2.45) is 0 Å². The molecule has 2 aromatic rings. The summed E-state index contributed by atoms with van der Waals surface area (Å²) in [5.41, 5.74) is 1.76. The smallest absolute Gasteiger partial charge is 0.272 e. The van der Waals surface area contributed by atoms with Crippen LogP contribution >= 0.6 is 11.6 Å². The monoisotopic (exact) mass is 360 g/mol. The van der Waals surface area contributed by atoms with Crippen molar-refractivity contribution in [3.63, 3.8) is 0 Å². The zero-order valence-electron chi connectivity index (χ0n) is 13.6. The van der Waals surface area contributed by atoms with Crippen LogP contribution in [0.3, 0.4) is 0 Å². The molecule has 1 fully saturated rings. The maximum Gasteiger partial charge on any atom is 0.272 e. The van der Waals surface area contributed by atoms with Crippen LogP contribution in [0.4, 0.5) is 11.4 Å². The number of non-ortho nitro benzene ring substituents is 1. The Hall–Kier alpha value is -2.67. The van der Waals surface area contributed by atoms with Gasteiger partial charge in [0.1, 0.15) is 5.69 Å². The van der Waals surface area contributed by atoms with E-state index in [4.69, 9.17) is 11.6 Å². The number of benzene rings is 1. The lowest BCUT2D eigenvalue weighted by Crippen LogP contribution is -2.32. The first-order valence-electron chi connectivity index (χ1n) is 7.87. The SMILES string of the molecule is Cc1cc([N+](=O)[O-])cc(Cl)c1NC1CCN(C(=O)c2ccccn2)C1. The zero-order chi connectivity index (χ0) is 18.0. The lowest BCUT2D eigenvalue weighted by atomic mass is 10.1. The first-order chi connectivity index (χ1) is 12.0. The summed E-state index contributed by atoms with van der Waals surface area (Å²) >= 11 is 6.19. The van der Waals surface area contributed by atoms with E-state index in [1.165, 1.54) is 12.1 Å². The Morgan fingerprint density at radius 1 is 1.44 bits per heavy atom. The van der Waals surface area contributed by atoms with Crippen molar-refractivity contribution in [1.29, 1.82) is 0 Å². The number of nitrogens with zero attached hydrogens (tertiary/aromatic N) is 3. The van der Waals surface area contributed by atoms with Crippen LogP contribution < -0.4 is 5.32 Å². The minimum absolute atomic E-state index is 0.0327. The first kappa shape index (κ1) is 17.2. The Bertz CT molecular complexity index is 790. The van der Waals surface area contributed by atoms with Crippen molar-refractivity contribution < 1.29 is 9.72 Å². The van der Waals surface area contributed by atoms with Crippen LogP contribution in [0.25, 0.3) is 0 Å². The number of likely N-dealkylation sites (tertiary alicyclic amines) is 1. The third-order valence-electron chi connectivity index (χ3n) is 4.19. The minimum Gasteiger partial charge on any atom is -0.379 e. The summed E-state index contributed by atoms with van der Waals surface area (Å²) in [6.45, 7) is 2.92. The van der Waals surface area contributed by atoms with Gasteiger partial charge in [-0.15, -0.1) is 0 Å². The molecule has 1 aromatic heterocycles. The van der Waals surface area contributed by atoms with E-state index in [0.29, 0.717) is 35.1 Å². The molecule has 1 atom stereocenters. The number of hydrogen-bond acceptors (Lipinski definition) is 5. The number of carbonyl (C=O) groups is 1. The summed E-state index contributed by atoms with van der Waals surface area (Å²) in [6.07, 6.45) is 2.37. The molecule has 0 saturated carbocycles. The average molecular weight is 361 g/mol. The maximum absolute atomic E-state index is 12.4. The van der Waals surface area contributed by atoms with Gasteiger partial charge in [-0.1, -0.05) is 17.7 Å². The second-order valence-electron chi connectivity index (χ2n) is 5.97. The maximum atomic E-state index is 12.4. The van der Waals surface area contributed by atoms with Gasteiger partial charge in [0.15, 0.2) is 0 Å². The summed E-state index contributed by atoms with van der Waals surface area (Å²) < 4.78 is 0. The van der Waals surface area contributed by atoms with Gasteiger partial charge >= 0.3 is 0 Å². The molecular formula is C17H17ClN4O3. The Balaban J connectivity index is 1.70. The third kappa shape index (κ3) is 3.71. The molecular weight excluding hydrogens is 344 g/mol. The molecule has 1 aromatic carbocycles. The Morgan fingerprint density at radius 2 is 2.24 bits per heavy atom. The number of aromatic nitrogens is 1. The fraction of sp³-hybridized carbons (Fsp3) is 0.294. The molecule has 3 rings (SSSR count). The molecule has 0 spiro atoms. The second kappa shape index (κ2) is 7.06. The van der Waals surface area contributed by atoms with Crippen LogP contribution in [0, 0.1) is 17.0 Å². The van der Waals surface area contributed by atoms with Gasteiger partial charge in [0.2, 0.25) is 0 Å². The summed E-state index contributed by atoms with van der Waals surface area (Å²) in [4.78, 5) is 28.7. The molecule has 1 amide bonds. The van der Waals surface area contributed by atoms with Crippen molar-refractivity contribution in [3.8, 4) is 0 Å². The molecule has 7 nitrogen and oxygen atoms in total. The van der Waals surface area contributed by atoms with E-state index in [9.17, 15) is 14.9 Å². The summed E-state index contributed by atoms with van der Waals surface area (Å²) in [5.74, 6) is -0.101. The fourth-order valence-electron chi connectivity index (χ4n) is 2.93. The quantitative estimate of drug-likeness (QED) is 0.667. The van der Waals surface area contributed by atoms with Crippen molar-refractivity contribution in [2.75, 3.05) is 18.4 Å². The molecule has 0 aliphatic carbocycles. The van der Waals surface area contributed by atoms with E-state index in [1.807, 2.05) is 0 Å². The van der Waals surface area contributed by atoms with Gasteiger partial charge in [0.25, 0.3) is 11.6 Å². The highest BCUT2D eigenvalue weighted by atomic mass is 35.5.